The predicted octanol–water partition coefficient (Wildman–Crippen LogP) is 3.99. The van der Waals surface area contributed by atoms with E-state index in [9.17, 15) is 19.5 Å². The molecule has 6 rings (SSSR count). The van der Waals surface area contributed by atoms with Gasteiger partial charge in [0.2, 0.25) is 11.8 Å². The van der Waals surface area contributed by atoms with Crippen molar-refractivity contribution in [3.63, 3.8) is 0 Å². The van der Waals surface area contributed by atoms with Gasteiger partial charge >= 0.3 is 0 Å². The maximum Gasteiger partial charge on any atom is 0.253 e. The van der Waals surface area contributed by atoms with Crippen LogP contribution in [-0.4, -0.2) is 77.8 Å². The van der Waals surface area contributed by atoms with Crippen molar-refractivity contribution >= 4 is 40.7 Å². The van der Waals surface area contributed by atoms with Gasteiger partial charge < -0.3 is 29.3 Å². The SMILES string of the molecule is CCOc1ccc(N2CC=C[C@@]3(C)O[C@]45C=CCN(c6ccc(Cl)cc6)C(=O)C4N(CCCCO)C(=O)[C@@H]5[C@H]3C2=O)cc1. The second kappa shape index (κ2) is 11.4. The van der Waals surface area contributed by atoms with Gasteiger partial charge in [-0.3, -0.25) is 14.4 Å². The van der Waals surface area contributed by atoms with Crippen LogP contribution in [0.5, 0.6) is 5.75 Å². The molecule has 2 aromatic rings. The molecule has 43 heavy (non-hydrogen) atoms. The Labute approximate surface area is 256 Å². The van der Waals surface area contributed by atoms with Crippen LogP contribution in [0.1, 0.15) is 26.7 Å². The minimum Gasteiger partial charge on any atom is -0.494 e. The van der Waals surface area contributed by atoms with E-state index in [1.165, 1.54) is 0 Å². The van der Waals surface area contributed by atoms with Crippen LogP contribution in [0.25, 0.3) is 0 Å². The molecule has 2 fully saturated rings. The Balaban J connectivity index is 1.42. The van der Waals surface area contributed by atoms with Gasteiger partial charge in [-0.1, -0.05) is 35.9 Å². The molecule has 5 atom stereocenters. The number of carbonyl (C=O) groups excluding carboxylic acids is 3. The summed E-state index contributed by atoms with van der Waals surface area (Å²) in [5.41, 5.74) is -1.13. The summed E-state index contributed by atoms with van der Waals surface area (Å²) < 4.78 is 12.5. The highest BCUT2D eigenvalue weighted by molar-refractivity contribution is 6.30. The summed E-state index contributed by atoms with van der Waals surface area (Å²) in [6.07, 6.45) is 8.45. The average molecular weight is 606 g/mol. The van der Waals surface area contributed by atoms with E-state index in [0.717, 1.165) is 0 Å². The Morgan fingerprint density at radius 1 is 0.884 bits per heavy atom. The van der Waals surface area contributed by atoms with Crippen molar-refractivity contribution in [3.8, 4) is 5.75 Å². The van der Waals surface area contributed by atoms with Crippen LogP contribution >= 0.6 is 11.6 Å². The normalized spacial score (nSPS) is 29.8. The van der Waals surface area contributed by atoms with Crippen molar-refractivity contribution in [2.24, 2.45) is 11.8 Å². The Kier molecular flexibility index (Phi) is 7.83. The molecule has 0 aliphatic carbocycles. The van der Waals surface area contributed by atoms with E-state index < -0.39 is 29.1 Å². The molecule has 10 heteroatoms. The molecule has 0 radical (unpaired) electrons. The van der Waals surface area contributed by atoms with Crippen molar-refractivity contribution in [2.75, 3.05) is 42.6 Å². The summed E-state index contributed by atoms with van der Waals surface area (Å²) in [5.74, 6) is -1.88. The molecule has 1 unspecified atom stereocenters. The summed E-state index contributed by atoms with van der Waals surface area (Å²) in [6.45, 7) is 5.11. The lowest BCUT2D eigenvalue weighted by atomic mass is 9.74. The van der Waals surface area contributed by atoms with E-state index in [4.69, 9.17) is 21.1 Å². The van der Waals surface area contributed by atoms with Crippen LogP contribution in [-0.2, 0) is 19.1 Å². The van der Waals surface area contributed by atoms with Gasteiger partial charge in [0, 0.05) is 42.6 Å². The first kappa shape index (κ1) is 29.4. The van der Waals surface area contributed by atoms with Gasteiger partial charge in [0.05, 0.1) is 24.0 Å². The van der Waals surface area contributed by atoms with Crippen LogP contribution in [0.15, 0.2) is 72.8 Å². The summed E-state index contributed by atoms with van der Waals surface area (Å²) in [5, 5.41) is 10.0. The van der Waals surface area contributed by atoms with Crippen LogP contribution < -0.4 is 14.5 Å². The number of carbonyl (C=O) groups is 3. The minimum atomic E-state index is -1.35. The number of aliphatic hydroxyl groups is 1. The van der Waals surface area contributed by atoms with Gasteiger partial charge in [-0.05, 0) is 75.2 Å². The number of ether oxygens (including phenoxy) is 2. The lowest BCUT2D eigenvalue weighted by molar-refractivity contribution is -0.144. The molecule has 0 bridgehead atoms. The summed E-state index contributed by atoms with van der Waals surface area (Å²) in [6, 6.07) is 13.3. The second-order valence-electron chi connectivity index (χ2n) is 11.6. The van der Waals surface area contributed by atoms with Crippen LogP contribution in [0.3, 0.4) is 0 Å². The monoisotopic (exact) mass is 605 g/mol. The van der Waals surface area contributed by atoms with E-state index >= 15 is 0 Å². The molecule has 4 aliphatic heterocycles. The Bertz CT molecular complexity index is 1460. The summed E-state index contributed by atoms with van der Waals surface area (Å²) >= 11 is 6.12. The number of anilines is 2. The molecule has 2 saturated heterocycles. The van der Waals surface area contributed by atoms with Crippen molar-refractivity contribution in [2.45, 2.75) is 43.9 Å². The Hall–Kier alpha value is -3.66. The molecule has 4 aliphatic rings. The van der Waals surface area contributed by atoms with Gasteiger partial charge in [0.25, 0.3) is 5.91 Å². The first-order valence-corrected chi connectivity index (χ1v) is 15.2. The highest BCUT2D eigenvalue weighted by Gasteiger charge is 2.74. The highest BCUT2D eigenvalue weighted by Crippen LogP contribution is 2.57. The van der Waals surface area contributed by atoms with E-state index in [2.05, 4.69) is 0 Å². The van der Waals surface area contributed by atoms with Gasteiger partial charge in [-0.15, -0.1) is 0 Å². The summed E-state index contributed by atoms with van der Waals surface area (Å²) in [4.78, 5) is 48.3. The number of halogens is 1. The van der Waals surface area contributed by atoms with Crippen molar-refractivity contribution < 1.29 is 29.0 Å². The van der Waals surface area contributed by atoms with Crippen molar-refractivity contribution in [1.82, 2.24) is 4.90 Å². The molecular weight excluding hydrogens is 570 g/mol. The number of hydrogen-bond acceptors (Lipinski definition) is 6. The predicted molar refractivity (Wildman–Crippen MR) is 163 cm³/mol. The van der Waals surface area contributed by atoms with Gasteiger partial charge in [0.1, 0.15) is 17.4 Å². The fourth-order valence-corrected chi connectivity index (χ4v) is 7.26. The third-order valence-electron chi connectivity index (χ3n) is 8.96. The lowest BCUT2D eigenvalue weighted by Crippen LogP contribution is -2.56. The zero-order valence-corrected chi connectivity index (χ0v) is 25.1. The zero-order valence-electron chi connectivity index (χ0n) is 24.3. The van der Waals surface area contributed by atoms with Crippen LogP contribution in [0.4, 0.5) is 11.4 Å². The van der Waals surface area contributed by atoms with Gasteiger partial charge in [0.15, 0.2) is 0 Å². The number of rotatable bonds is 8. The molecule has 0 aromatic heterocycles. The zero-order chi connectivity index (χ0) is 30.4. The number of likely N-dealkylation sites (tertiary alicyclic amines) is 1. The third kappa shape index (κ3) is 4.83. The number of fused-ring (bicyclic) bond motifs is 2. The largest absolute Gasteiger partial charge is 0.494 e. The van der Waals surface area contributed by atoms with E-state index in [0.29, 0.717) is 48.1 Å². The Morgan fingerprint density at radius 3 is 2.16 bits per heavy atom. The van der Waals surface area contributed by atoms with Gasteiger partial charge in [-0.25, -0.2) is 0 Å². The molecule has 3 amide bonds. The number of nitrogens with zero attached hydrogens (tertiary/aromatic N) is 3. The molecular formula is C33H36ClN3O6. The smallest absolute Gasteiger partial charge is 0.253 e. The number of hydrogen-bond donors (Lipinski definition) is 1. The molecule has 4 heterocycles. The van der Waals surface area contributed by atoms with Gasteiger partial charge in [-0.2, -0.15) is 0 Å². The van der Waals surface area contributed by atoms with E-state index in [-0.39, 0.29) is 37.4 Å². The lowest BCUT2D eigenvalue weighted by Gasteiger charge is -2.37. The molecule has 1 N–H and O–H groups in total. The topological polar surface area (TPSA) is 99.6 Å². The number of unbranched alkanes of at least 4 members (excludes halogenated alkanes) is 1. The highest BCUT2D eigenvalue weighted by atomic mass is 35.5. The number of benzene rings is 2. The maximum atomic E-state index is 14.5. The average Bonchev–Trinajstić information content (AvgIpc) is 3.25. The molecule has 0 saturated carbocycles. The standard InChI is InChI=1S/C33H36ClN3O6/c1-3-42-25-14-12-24(13-15-25)35-19-6-16-32(2)26(29(35)39)27-30(40)37(18-4-5-21-38)28-31(41)36(20-7-17-33(27,28)43-32)23-10-8-22(34)9-11-23/h6-17,26-28,38H,3-5,18-21H2,1-2H3/t26-,27-,28?,32+,33-/m0/s1. The quantitative estimate of drug-likeness (QED) is 0.361. The van der Waals surface area contributed by atoms with Crippen LogP contribution in [0.2, 0.25) is 5.02 Å². The molecule has 1 spiro atoms. The van der Waals surface area contributed by atoms with E-state index in [1.807, 2.05) is 62.4 Å². The molecule has 2 aromatic carbocycles. The fraction of sp³-hybridized carbons (Fsp3) is 0.424. The maximum absolute atomic E-state index is 14.5. The first-order chi connectivity index (χ1) is 20.7. The first-order valence-electron chi connectivity index (χ1n) is 14.8. The Morgan fingerprint density at radius 2 is 1.51 bits per heavy atom. The fourth-order valence-electron chi connectivity index (χ4n) is 7.13. The van der Waals surface area contributed by atoms with Crippen molar-refractivity contribution in [1.29, 1.82) is 0 Å². The third-order valence-corrected chi connectivity index (χ3v) is 9.21. The molecule has 226 valence electrons. The molecule has 9 nitrogen and oxygen atoms in total. The minimum absolute atomic E-state index is 0.0243. The van der Waals surface area contributed by atoms with Crippen LogP contribution in [0, 0.1) is 11.8 Å². The number of amides is 3. The summed E-state index contributed by atoms with van der Waals surface area (Å²) in [7, 11) is 0. The van der Waals surface area contributed by atoms with Crippen molar-refractivity contribution in [3.05, 3.63) is 77.9 Å². The van der Waals surface area contributed by atoms with E-state index in [1.54, 1.807) is 39.0 Å². The number of aliphatic hydroxyl groups excluding tert-OH is 1. The second-order valence-corrected chi connectivity index (χ2v) is 12.0.